The summed E-state index contributed by atoms with van der Waals surface area (Å²) in [5.41, 5.74) is 4.10. The summed E-state index contributed by atoms with van der Waals surface area (Å²) in [6.45, 7) is 0. The van der Waals surface area contributed by atoms with Crippen molar-refractivity contribution in [2.45, 2.75) is 18.8 Å². The molecule has 0 radical (unpaired) electrons. The van der Waals surface area contributed by atoms with E-state index in [4.69, 9.17) is 9.47 Å². The lowest BCUT2D eigenvalue weighted by Gasteiger charge is -2.16. The molecule has 2 aromatic carbocycles. The SMILES string of the molecule is COc1ccc2c(C(CCC(=O)O)c3c[nH]c4cc(OC)ccc34)c[nH]c2c1. The number of carboxylic acids is 1. The van der Waals surface area contributed by atoms with Crippen LogP contribution in [-0.2, 0) is 4.79 Å². The Morgan fingerprint density at radius 2 is 1.43 bits per heavy atom. The van der Waals surface area contributed by atoms with Crippen molar-refractivity contribution < 1.29 is 19.4 Å². The number of H-pyrrole nitrogens is 2. The maximum absolute atomic E-state index is 11.3. The van der Waals surface area contributed by atoms with E-state index in [0.29, 0.717) is 6.42 Å². The van der Waals surface area contributed by atoms with Gasteiger partial charge in [0.1, 0.15) is 11.5 Å². The van der Waals surface area contributed by atoms with Crippen LogP contribution in [0.1, 0.15) is 29.9 Å². The molecule has 3 N–H and O–H groups in total. The molecule has 144 valence electrons. The van der Waals surface area contributed by atoms with Crippen molar-refractivity contribution in [3.8, 4) is 11.5 Å². The maximum Gasteiger partial charge on any atom is 0.303 e. The first kappa shape index (κ1) is 18.0. The van der Waals surface area contributed by atoms with E-state index < -0.39 is 5.97 Å². The first-order chi connectivity index (χ1) is 13.6. The van der Waals surface area contributed by atoms with E-state index in [2.05, 4.69) is 9.97 Å². The number of fused-ring (bicyclic) bond motifs is 2. The molecule has 28 heavy (non-hydrogen) atoms. The van der Waals surface area contributed by atoms with Gasteiger partial charge in [0.25, 0.3) is 0 Å². The smallest absolute Gasteiger partial charge is 0.303 e. The number of rotatable bonds is 7. The minimum atomic E-state index is -0.798. The number of benzene rings is 2. The molecule has 0 aliphatic rings. The predicted molar refractivity (Wildman–Crippen MR) is 108 cm³/mol. The Bertz CT molecular complexity index is 1060. The lowest BCUT2D eigenvalue weighted by atomic mass is 9.87. The number of methoxy groups -OCH3 is 2. The fraction of sp³-hybridized carbons (Fsp3) is 0.227. The van der Waals surface area contributed by atoms with E-state index in [1.54, 1.807) is 14.2 Å². The fourth-order valence-corrected chi connectivity index (χ4v) is 3.83. The van der Waals surface area contributed by atoms with E-state index >= 15 is 0 Å². The van der Waals surface area contributed by atoms with Crippen molar-refractivity contribution in [2.24, 2.45) is 0 Å². The molecule has 0 saturated carbocycles. The highest BCUT2D eigenvalue weighted by Gasteiger charge is 2.22. The molecule has 0 unspecified atom stereocenters. The summed E-state index contributed by atoms with van der Waals surface area (Å²) in [4.78, 5) is 17.9. The molecule has 6 nitrogen and oxygen atoms in total. The Morgan fingerprint density at radius 1 is 0.929 bits per heavy atom. The third-order valence-electron chi connectivity index (χ3n) is 5.24. The van der Waals surface area contributed by atoms with Gasteiger partial charge in [-0.05, 0) is 41.8 Å². The zero-order valence-electron chi connectivity index (χ0n) is 15.8. The summed E-state index contributed by atoms with van der Waals surface area (Å²) >= 11 is 0. The first-order valence-corrected chi connectivity index (χ1v) is 9.12. The van der Waals surface area contributed by atoms with E-state index in [0.717, 1.165) is 44.4 Å². The van der Waals surface area contributed by atoms with E-state index in [1.807, 2.05) is 48.8 Å². The number of hydrogen-bond donors (Lipinski definition) is 3. The van der Waals surface area contributed by atoms with Gasteiger partial charge >= 0.3 is 5.97 Å². The number of hydrogen-bond acceptors (Lipinski definition) is 3. The van der Waals surface area contributed by atoms with Crippen molar-refractivity contribution in [3.05, 3.63) is 59.9 Å². The van der Waals surface area contributed by atoms with Gasteiger partial charge in [0.2, 0.25) is 0 Å². The number of ether oxygens (including phenoxy) is 2. The number of aromatic nitrogens is 2. The monoisotopic (exact) mass is 378 g/mol. The Morgan fingerprint density at radius 3 is 1.86 bits per heavy atom. The molecule has 2 heterocycles. The lowest BCUT2D eigenvalue weighted by Crippen LogP contribution is -2.04. The van der Waals surface area contributed by atoms with Crippen LogP contribution in [-0.4, -0.2) is 35.3 Å². The molecule has 0 aliphatic carbocycles. The van der Waals surface area contributed by atoms with Gasteiger partial charge in [0.15, 0.2) is 0 Å². The van der Waals surface area contributed by atoms with Gasteiger partial charge in [-0.1, -0.05) is 0 Å². The molecular weight excluding hydrogens is 356 g/mol. The Balaban J connectivity index is 1.83. The van der Waals surface area contributed by atoms with Gasteiger partial charge in [0, 0.05) is 58.7 Å². The third-order valence-corrected chi connectivity index (χ3v) is 5.24. The third kappa shape index (κ3) is 3.17. The average molecular weight is 378 g/mol. The first-order valence-electron chi connectivity index (χ1n) is 9.12. The van der Waals surface area contributed by atoms with Gasteiger partial charge in [0.05, 0.1) is 14.2 Å². The number of aliphatic carboxylic acids is 1. The van der Waals surface area contributed by atoms with Crippen molar-refractivity contribution in [2.75, 3.05) is 14.2 Å². The molecule has 0 aliphatic heterocycles. The highest BCUT2D eigenvalue weighted by molar-refractivity contribution is 5.89. The van der Waals surface area contributed by atoms with Crippen molar-refractivity contribution in [1.82, 2.24) is 9.97 Å². The van der Waals surface area contributed by atoms with Crippen molar-refractivity contribution in [3.63, 3.8) is 0 Å². The number of aromatic amines is 2. The summed E-state index contributed by atoms with van der Waals surface area (Å²) in [5.74, 6) is 0.706. The van der Waals surface area contributed by atoms with Crippen LogP contribution in [0.4, 0.5) is 0 Å². The Kier molecular flexibility index (Phi) is 4.69. The summed E-state index contributed by atoms with van der Waals surface area (Å²) in [6, 6.07) is 11.8. The van der Waals surface area contributed by atoms with Crippen LogP contribution in [0.5, 0.6) is 11.5 Å². The molecule has 4 aromatic rings. The normalized spacial score (nSPS) is 11.4. The van der Waals surface area contributed by atoms with Crippen LogP contribution >= 0.6 is 0 Å². The number of carbonyl (C=O) groups is 1. The van der Waals surface area contributed by atoms with Crippen LogP contribution in [0.3, 0.4) is 0 Å². The second-order valence-electron chi connectivity index (χ2n) is 6.80. The highest BCUT2D eigenvalue weighted by atomic mass is 16.5. The summed E-state index contributed by atoms with van der Waals surface area (Å²) in [6.07, 6.45) is 4.54. The molecule has 4 rings (SSSR count). The fourth-order valence-electron chi connectivity index (χ4n) is 3.83. The molecule has 0 fully saturated rings. The largest absolute Gasteiger partial charge is 0.497 e. The lowest BCUT2D eigenvalue weighted by molar-refractivity contribution is -0.137. The van der Waals surface area contributed by atoms with E-state index in [9.17, 15) is 9.90 Å². The van der Waals surface area contributed by atoms with Gasteiger partial charge in [-0.2, -0.15) is 0 Å². The van der Waals surface area contributed by atoms with Gasteiger partial charge < -0.3 is 24.5 Å². The molecule has 0 amide bonds. The van der Waals surface area contributed by atoms with Crippen LogP contribution in [0, 0.1) is 0 Å². The van der Waals surface area contributed by atoms with Crippen molar-refractivity contribution in [1.29, 1.82) is 0 Å². The van der Waals surface area contributed by atoms with Gasteiger partial charge in [-0.25, -0.2) is 0 Å². The molecule has 6 heteroatoms. The summed E-state index contributed by atoms with van der Waals surface area (Å²) < 4.78 is 10.6. The Labute approximate surface area is 162 Å². The van der Waals surface area contributed by atoms with Crippen LogP contribution in [0.25, 0.3) is 21.8 Å². The van der Waals surface area contributed by atoms with Crippen LogP contribution < -0.4 is 9.47 Å². The van der Waals surface area contributed by atoms with E-state index in [-0.39, 0.29) is 12.3 Å². The predicted octanol–water partition coefficient (Wildman–Crippen LogP) is 4.66. The van der Waals surface area contributed by atoms with E-state index in [1.165, 1.54) is 0 Å². The van der Waals surface area contributed by atoms with Crippen LogP contribution in [0.2, 0.25) is 0 Å². The zero-order chi connectivity index (χ0) is 19.7. The molecule has 0 atom stereocenters. The Hall–Kier alpha value is -3.41. The van der Waals surface area contributed by atoms with Crippen molar-refractivity contribution >= 4 is 27.8 Å². The number of carboxylic acid groups (broad SMARTS) is 1. The topological polar surface area (TPSA) is 87.3 Å². The molecule has 0 spiro atoms. The standard InChI is InChI=1S/C22H22N2O4/c1-27-13-3-5-16-18(11-23-20(16)9-13)15(7-8-22(25)26)19-12-24-21-10-14(28-2)4-6-17(19)21/h3-6,9-12,15,23-24H,7-8H2,1-2H3,(H,25,26). The average Bonchev–Trinajstić information content (AvgIpc) is 3.32. The summed E-state index contributed by atoms with van der Waals surface area (Å²) in [5, 5.41) is 11.4. The molecule has 2 aromatic heterocycles. The quantitative estimate of drug-likeness (QED) is 0.436. The van der Waals surface area contributed by atoms with Crippen LogP contribution in [0.15, 0.2) is 48.8 Å². The zero-order valence-corrected chi connectivity index (χ0v) is 15.8. The summed E-state index contributed by atoms with van der Waals surface area (Å²) in [7, 11) is 3.28. The van der Waals surface area contributed by atoms with Gasteiger partial charge in [-0.15, -0.1) is 0 Å². The van der Waals surface area contributed by atoms with Gasteiger partial charge in [-0.3, -0.25) is 4.79 Å². The highest BCUT2D eigenvalue weighted by Crippen LogP contribution is 2.39. The second kappa shape index (κ2) is 7.31. The second-order valence-corrected chi connectivity index (χ2v) is 6.80. The molecule has 0 saturated heterocycles. The maximum atomic E-state index is 11.3. The molecule has 0 bridgehead atoms. The number of nitrogens with one attached hydrogen (secondary N) is 2. The molecular formula is C22H22N2O4. The minimum absolute atomic E-state index is 0.0552. The minimum Gasteiger partial charge on any atom is -0.497 e.